The number of pyridine rings is 1. The Morgan fingerprint density at radius 3 is 2.67 bits per heavy atom. The van der Waals surface area contributed by atoms with Crippen molar-refractivity contribution in [3.05, 3.63) is 23.9 Å². The molecule has 138 valence electrons. The van der Waals surface area contributed by atoms with E-state index in [0.717, 1.165) is 31.7 Å². The number of hydrogen-bond donors (Lipinski definition) is 1. The van der Waals surface area contributed by atoms with E-state index in [9.17, 15) is 15.3 Å². The van der Waals surface area contributed by atoms with E-state index in [4.69, 9.17) is 6.42 Å². The molecule has 3 rings (SSSR count). The molecule has 1 amide bonds. The van der Waals surface area contributed by atoms with Crippen molar-refractivity contribution in [1.29, 1.82) is 10.5 Å². The Kier molecular flexibility index (Phi) is 5.91. The fourth-order valence-corrected chi connectivity index (χ4v) is 3.80. The molecule has 0 aromatic carbocycles. The summed E-state index contributed by atoms with van der Waals surface area (Å²) in [5, 5.41) is 21.8. The average Bonchev–Trinajstić information content (AvgIpc) is 3.15. The van der Waals surface area contributed by atoms with Gasteiger partial charge in [-0.2, -0.15) is 10.5 Å². The average molecular weight is 362 g/mol. The zero-order valence-corrected chi connectivity index (χ0v) is 15.1. The molecule has 0 bridgehead atoms. The van der Waals surface area contributed by atoms with E-state index in [1.165, 1.54) is 0 Å². The number of carbonyl (C=O) groups is 1. The monoisotopic (exact) mass is 362 g/mol. The highest BCUT2D eigenvalue weighted by atomic mass is 16.2. The molecule has 27 heavy (non-hydrogen) atoms. The molecule has 7 heteroatoms. The van der Waals surface area contributed by atoms with Crippen molar-refractivity contribution >= 4 is 11.7 Å². The first kappa shape index (κ1) is 18.7. The molecule has 7 nitrogen and oxygen atoms in total. The van der Waals surface area contributed by atoms with Gasteiger partial charge in [0.15, 0.2) is 0 Å². The predicted molar refractivity (Wildman–Crippen MR) is 100 cm³/mol. The molecule has 0 radical (unpaired) electrons. The van der Waals surface area contributed by atoms with E-state index in [0.29, 0.717) is 18.4 Å². The standard InChI is InChI=1S/C20H22N6O/c1-2-17-5-6-18(13-22)26(17)19(27)14-24-16-7-10-25(11-8-16)20-15(12-21)4-3-9-23-20/h1,3-4,9,16-18,24H,5-8,10-11,14H2/t17-,18?/m1/s1. The summed E-state index contributed by atoms with van der Waals surface area (Å²) in [5.74, 6) is 3.23. The van der Waals surface area contributed by atoms with Crippen molar-refractivity contribution in [3.63, 3.8) is 0 Å². The fraction of sp³-hybridized carbons (Fsp3) is 0.500. The van der Waals surface area contributed by atoms with Crippen LogP contribution >= 0.6 is 0 Å². The number of likely N-dealkylation sites (tertiary alicyclic amines) is 1. The minimum Gasteiger partial charge on any atom is -0.355 e. The molecule has 1 aromatic rings. The largest absolute Gasteiger partial charge is 0.355 e. The van der Waals surface area contributed by atoms with E-state index in [1.807, 2.05) is 0 Å². The second-order valence-electron chi connectivity index (χ2n) is 6.83. The summed E-state index contributed by atoms with van der Waals surface area (Å²) in [7, 11) is 0. The van der Waals surface area contributed by atoms with Crippen LogP contribution in [0.4, 0.5) is 5.82 Å². The fourth-order valence-electron chi connectivity index (χ4n) is 3.80. The zero-order valence-electron chi connectivity index (χ0n) is 15.1. The topological polar surface area (TPSA) is 96.1 Å². The molecule has 0 aliphatic carbocycles. The van der Waals surface area contributed by atoms with Gasteiger partial charge in [-0.05, 0) is 37.8 Å². The van der Waals surface area contributed by atoms with Crippen LogP contribution in [0, 0.1) is 35.0 Å². The van der Waals surface area contributed by atoms with Crippen LogP contribution in [-0.4, -0.2) is 53.6 Å². The van der Waals surface area contributed by atoms with E-state index < -0.39 is 6.04 Å². The van der Waals surface area contributed by atoms with Crippen LogP contribution in [-0.2, 0) is 4.79 Å². The molecule has 2 aliphatic heterocycles. The van der Waals surface area contributed by atoms with Gasteiger partial charge in [-0.15, -0.1) is 6.42 Å². The second-order valence-corrected chi connectivity index (χ2v) is 6.83. The van der Waals surface area contributed by atoms with Crippen molar-refractivity contribution in [2.75, 3.05) is 24.5 Å². The quantitative estimate of drug-likeness (QED) is 0.804. The Hall–Kier alpha value is -3.08. The number of piperidine rings is 1. The number of rotatable bonds is 4. The van der Waals surface area contributed by atoms with Crippen LogP contribution in [0.15, 0.2) is 18.3 Å². The molecule has 2 aliphatic rings. The Balaban J connectivity index is 1.51. The van der Waals surface area contributed by atoms with Crippen LogP contribution in [0.5, 0.6) is 0 Å². The normalized spacial score (nSPS) is 22.7. The minimum absolute atomic E-state index is 0.110. The third-order valence-electron chi connectivity index (χ3n) is 5.26. The summed E-state index contributed by atoms with van der Waals surface area (Å²) in [6, 6.07) is 7.41. The van der Waals surface area contributed by atoms with Crippen molar-refractivity contribution in [3.8, 4) is 24.5 Å². The number of aromatic nitrogens is 1. The molecule has 0 saturated carbocycles. The highest BCUT2D eigenvalue weighted by Crippen LogP contribution is 2.24. The number of nitrogens with zero attached hydrogens (tertiary/aromatic N) is 5. The van der Waals surface area contributed by atoms with E-state index >= 15 is 0 Å². The highest BCUT2D eigenvalue weighted by molar-refractivity contribution is 5.80. The maximum atomic E-state index is 12.6. The van der Waals surface area contributed by atoms with Gasteiger partial charge in [0.2, 0.25) is 5.91 Å². The first-order valence-electron chi connectivity index (χ1n) is 9.18. The number of nitriles is 2. The summed E-state index contributed by atoms with van der Waals surface area (Å²) in [5.41, 5.74) is 0.580. The number of hydrogen-bond acceptors (Lipinski definition) is 6. The maximum Gasteiger partial charge on any atom is 0.238 e. The van der Waals surface area contributed by atoms with Gasteiger partial charge in [0.25, 0.3) is 0 Å². The second kappa shape index (κ2) is 8.54. The Labute approximate surface area is 159 Å². The molecule has 3 heterocycles. The van der Waals surface area contributed by atoms with Crippen LogP contribution < -0.4 is 10.2 Å². The van der Waals surface area contributed by atoms with Gasteiger partial charge < -0.3 is 15.1 Å². The lowest BCUT2D eigenvalue weighted by Gasteiger charge is -2.34. The van der Waals surface area contributed by atoms with Crippen molar-refractivity contribution in [1.82, 2.24) is 15.2 Å². The van der Waals surface area contributed by atoms with Gasteiger partial charge in [0.1, 0.15) is 17.9 Å². The third-order valence-corrected chi connectivity index (χ3v) is 5.26. The number of nitrogens with one attached hydrogen (secondary N) is 1. The lowest BCUT2D eigenvalue weighted by atomic mass is 10.0. The van der Waals surface area contributed by atoms with Crippen molar-refractivity contribution < 1.29 is 4.79 Å². The van der Waals surface area contributed by atoms with Crippen molar-refractivity contribution in [2.45, 2.75) is 43.8 Å². The first-order chi connectivity index (χ1) is 13.2. The van der Waals surface area contributed by atoms with E-state index in [2.05, 4.69) is 33.3 Å². The predicted octanol–water partition coefficient (Wildman–Crippen LogP) is 1.03. The molecule has 2 saturated heterocycles. The molecule has 0 spiro atoms. The molecular formula is C20H22N6O. The molecule has 2 atom stereocenters. The third kappa shape index (κ3) is 4.03. The van der Waals surface area contributed by atoms with Gasteiger partial charge >= 0.3 is 0 Å². The highest BCUT2D eigenvalue weighted by Gasteiger charge is 2.36. The lowest BCUT2D eigenvalue weighted by Crippen LogP contribution is -2.49. The SMILES string of the molecule is C#C[C@@H]1CCC(C#N)N1C(=O)CNC1CCN(c2ncccc2C#N)CC1. The number of carbonyl (C=O) groups excluding carboxylic acids is 1. The molecular weight excluding hydrogens is 340 g/mol. The number of terminal acetylenes is 1. The summed E-state index contributed by atoms with van der Waals surface area (Å²) >= 11 is 0. The van der Waals surface area contributed by atoms with Crippen molar-refractivity contribution in [2.24, 2.45) is 0 Å². The van der Waals surface area contributed by atoms with Crippen LogP contribution in [0.2, 0.25) is 0 Å². The summed E-state index contributed by atoms with van der Waals surface area (Å²) in [4.78, 5) is 20.6. The number of amides is 1. The minimum atomic E-state index is -0.421. The first-order valence-corrected chi connectivity index (χ1v) is 9.18. The Morgan fingerprint density at radius 2 is 2.00 bits per heavy atom. The molecule has 1 N–H and O–H groups in total. The van der Waals surface area contributed by atoms with E-state index in [1.54, 1.807) is 23.2 Å². The Bertz CT molecular complexity index is 787. The molecule has 2 fully saturated rings. The van der Waals surface area contributed by atoms with Gasteiger partial charge in [-0.3, -0.25) is 4.79 Å². The van der Waals surface area contributed by atoms with Gasteiger partial charge in [-0.1, -0.05) is 5.92 Å². The van der Waals surface area contributed by atoms with Gasteiger partial charge in [0, 0.05) is 25.3 Å². The van der Waals surface area contributed by atoms with E-state index in [-0.39, 0.29) is 24.5 Å². The molecule has 1 unspecified atom stereocenters. The summed E-state index contributed by atoms with van der Waals surface area (Å²) in [6.07, 6.45) is 10.2. The smallest absolute Gasteiger partial charge is 0.238 e. The maximum absolute atomic E-state index is 12.6. The van der Waals surface area contributed by atoms with Crippen LogP contribution in [0.1, 0.15) is 31.2 Å². The Morgan fingerprint density at radius 1 is 1.26 bits per heavy atom. The lowest BCUT2D eigenvalue weighted by molar-refractivity contribution is -0.131. The van der Waals surface area contributed by atoms with Gasteiger partial charge in [-0.25, -0.2) is 4.98 Å². The summed E-state index contributed by atoms with van der Waals surface area (Å²) in [6.45, 7) is 1.73. The van der Waals surface area contributed by atoms with Gasteiger partial charge in [0.05, 0.1) is 24.2 Å². The van der Waals surface area contributed by atoms with Crippen LogP contribution in [0.25, 0.3) is 0 Å². The summed E-state index contributed by atoms with van der Waals surface area (Å²) < 4.78 is 0. The zero-order chi connectivity index (χ0) is 19.2. The van der Waals surface area contributed by atoms with Crippen LogP contribution in [0.3, 0.4) is 0 Å². The number of anilines is 1. The molecule has 1 aromatic heterocycles.